The molecule has 1 aliphatic heterocycles. The summed E-state index contributed by atoms with van der Waals surface area (Å²) in [6.45, 7) is 4.51. The van der Waals surface area contributed by atoms with Gasteiger partial charge in [-0.2, -0.15) is 0 Å². The molecule has 0 aromatic rings. The predicted octanol–water partition coefficient (Wildman–Crippen LogP) is 2.14. The van der Waals surface area contributed by atoms with Crippen LogP contribution in [-0.2, 0) is 9.59 Å². The summed E-state index contributed by atoms with van der Waals surface area (Å²) in [5.74, 6) is 0.106. The lowest BCUT2D eigenvalue weighted by Crippen LogP contribution is -2.51. The van der Waals surface area contributed by atoms with E-state index in [-0.39, 0.29) is 5.91 Å². The van der Waals surface area contributed by atoms with Crippen LogP contribution in [0.5, 0.6) is 0 Å². The Morgan fingerprint density at radius 2 is 1.72 bits per heavy atom. The first kappa shape index (κ1) is 13.4. The van der Waals surface area contributed by atoms with Gasteiger partial charge in [-0.3, -0.25) is 9.59 Å². The number of hydrogen-bond acceptors (Lipinski definition) is 2. The lowest BCUT2D eigenvalue weighted by molar-refractivity contribution is -0.159. The summed E-state index contributed by atoms with van der Waals surface area (Å²) in [5.41, 5.74) is -1.29. The number of carbonyl (C=O) groups is 2. The van der Waals surface area contributed by atoms with Gasteiger partial charge in [0.25, 0.3) is 0 Å². The minimum Gasteiger partial charge on any atom is -0.480 e. The van der Waals surface area contributed by atoms with Gasteiger partial charge in [0.1, 0.15) is 5.41 Å². The number of carboxylic acid groups (broad SMARTS) is 1. The highest BCUT2D eigenvalue weighted by molar-refractivity contribution is 6.01. The molecule has 0 aromatic heterocycles. The molecule has 1 aliphatic carbocycles. The molecule has 2 atom stereocenters. The van der Waals surface area contributed by atoms with Crippen molar-refractivity contribution in [3.63, 3.8) is 0 Å². The molecule has 1 saturated heterocycles. The quantitative estimate of drug-likeness (QED) is 0.767. The minimum absolute atomic E-state index is 0.223. The van der Waals surface area contributed by atoms with Gasteiger partial charge in [0.05, 0.1) is 0 Å². The highest BCUT2D eigenvalue weighted by Gasteiger charge is 2.42. The van der Waals surface area contributed by atoms with Crippen molar-refractivity contribution >= 4 is 11.9 Å². The number of nitrogens with zero attached hydrogens (tertiary/aromatic N) is 1. The molecule has 1 amide bonds. The van der Waals surface area contributed by atoms with Crippen LogP contribution >= 0.6 is 0 Å². The monoisotopic (exact) mass is 253 g/mol. The Hall–Kier alpha value is -1.06. The summed E-state index contributed by atoms with van der Waals surface area (Å²) in [4.78, 5) is 25.2. The third kappa shape index (κ3) is 2.38. The summed E-state index contributed by atoms with van der Waals surface area (Å²) in [5, 5.41) is 9.13. The zero-order valence-electron chi connectivity index (χ0n) is 11.3. The average molecular weight is 253 g/mol. The number of carbonyl (C=O) groups excluding carboxylic acids is 1. The fourth-order valence-electron chi connectivity index (χ4n) is 3.27. The van der Waals surface area contributed by atoms with Gasteiger partial charge < -0.3 is 10.0 Å². The van der Waals surface area contributed by atoms with E-state index >= 15 is 0 Å². The van der Waals surface area contributed by atoms with Gasteiger partial charge in [0.2, 0.25) is 5.91 Å². The number of likely N-dealkylation sites (tertiary alicyclic amines) is 1. The van der Waals surface area contributed by atoms with E-state index in [1.807, 2.05) is 0 Å². The number of piperidine rings is 1. The van der Waals surface area contributed by atoms with Crippen LogP contribution < -0.4 is 0 Å². The van der Waals surface area contributed by atoms with Gasteiger partial charge in [0, 0.05) is 13.1 Å². The molecule has 1 saturated carbocycles. The standard InChI is InChI=1S/C14H23NO3/c1-14(2,13(17)18)12(16)15-8-7-10-5-3-4-6-11(10)9-15/h10-11H,3-9H2,1-2H3,(H,17,18). The topological polar surface area (TPSA) is 57.6 Å². The number of aliphatic carboxylic acids is 1. The second-order valence-electron chi connectivity index (χ2n) is 6.27. The molecule has 1 N–H and O–H groups in total. The smallest absolute Gasteiger partial charge is 0.318 e. The lowest BCUT2D eigenvalue weighted by atomic mass is 9.74. The molecule has 2 rings (SSSR count). The SMILES string of the molecule is CC(C)(C(=O)O)C(=O)N1CCC2CCCCC2C1. The van der Waals surface area contributed by atoms with E-state index in [0.717, 1.165) is 25.4 Å². The van der Waals surface area contributed by atoms with E-state index in [2.05, 4.69) is 0 Å². The lowest BCUT2D eigenvalue weighted by Gasteiger charge is -2.42. The van der Waals surface area contributed by atoms with Crippen molar-refractivity contribution in [1.82, 2.24) is 4.90 Å². The largest absolute Gasteiger partial charge is 0.480 e. The molecular formula is C14H23NO3. The van der Waals surface area contributed by atoms with Crippen LogP contribution in [0, 0.1) is 17.3 Å². The summed E-state index contributed by atoms with van der Waals surface area (Å²) in [6, 6.07) is 0. The third-order valence-corrected chi connectivity index (χ3v) is 4.65. The Morgan fingerprint density at radius 3 is 2.33 bits per heavy atom. The van der Waals surface area contributed by atoms with E-state index in [1.54, 1.807) is 4.90 Å². The molecular weight excluding hydrogens is 230 g/mol. The predicted molar refractivity (Wildman–Crippen MR) is 68.1 cm³/mol. The number of rotatable bonds is 2. The van der Waals surface area contributed by atoms with Crippen molar-refractivity contribution in [2.75, 3.05) is 13.1 Å². The number of hydrogen-bond donors (Lipinski definition) is 1. The first-order valence-corrected chi connectivity index (χ1v) is 6.95. The summed E-state index contributed by atoms with van der Waals surface area (Å²) >= 11 is 0. The Morgan fingerprint density at radius 1 is 1.11 bits per heavy atom. The van der Waals surface area contributed by atoms with Gasteiger partial charge in [0.15, 0.2) is 0 Å². The van der Waals surface area contributed by atoms with Crippen molar-refractivity contribution in [2.24, 2.45) is 17.3 Å². The average Bonchev–Trinajstić information content (AvgIpc) is 2.37. The summed E-state index contributed by atoms with van der Waals surface area (Å²) in [6.07, 6.45) is 6.10. The summed E-state index contributed by atoms with van der Waals surface area (Å²) < 4.78 is 0. The Labute approximate surface area is 108 Å². The number of amides is 1. The number of fused-ring (bicyclic) bond motifs is 1. The Balaban J connectivity index is 2.02. The van der Waals surface area contributed by atoms with E-state index in [0.29, 0.717) is 5.92 Å². The van der Waals surface area contributed by atoms with Crippen molar-refractivity contribution < 1.29 is 14.7 Å². The fourth-order valence-corrected chi connectivity index (χ4v) is 3.27. The molecule has 0 bridgehead atoms. The van der Waals surface area contributed by atoms with Gasteiger partial charge in [-0.15, -0.1) is 0 Å². The molecule has 0 aromatic carbocycles. The van der Waals surface area contributed by atoms with E-state index < -0.39 is 11.4 Å². The molecule has 18 heavy (non-hydrogen) atoms. The fraction of sp³-hybridized carbons (Fsp3) is 0.857. The second kappa shape index (κ2) is 4.90. The maximum Gasteiger partial charge on any atom is 0.318 e. The Bertz CT molecular complexity index is 351. The molecule has 1 heterocycles. The highest BCUT2D eigenvalue weighted by atomic mass is 16.4. The summed E-state index contributed by atoms with van der Waals surface area (Å²) in [7, 11) is 0. The van der Waals surface area contributed by atoms with Crippen molar-refractivity contribution in [1.29, 1.82) is 0 Å². The molecule has 2 fully saturated rings. The zero-order chi connectivity index (χ0) is 13.3. The van der Waals surface area contributed by atoms with E-state index in [4.69, 9.17) is 5.11 Å². The molecule has 2 unspecified atom stereocenters. The third-order valence-electron chi connectivity index (χ3n) is 4.65. The normalized spacial score (nSPS) is 28.7. The molecule has 0 radical (unpaired) electrons. The maximum absolute atomic E-state index is 12.3. The van der Waals surface area contributed by atoms with Gasteiger partial charge in [-0.1, -0.05) is 19.3 Å². The molecule has 2 aliphatic rings. The van der Waals surface area contributed by atoms with Crippen LogP contribution in [0.4, 0.5) is 0 Å². The van der Waals surface area contributed by atoms with E-state index in [1.165, 1.54) is 39.5 Å². The van der Waals surface area contributed by atoms with Gasteiger partial charge in [-0.25, -0.2) is 0 Å². The van der Waals surface area contributed by atoms with Crippen LogP contribution in [0.15, 0.2) is 0 Å². The minimum atomic E-state index is -1.29. The van der Waals surface area contributed by atoms with Crippen LogP contribution in [0.2, 0.25) is 0 Å². The van der Waals surface area contributed by atoms with Crippen LogP contribution in [0.3, 0.4) is 0 Å². The molecule has 4 nitrogen and oxygen atoms in total. The Kier molecular flexibility index (Phi) is 3.64. The maximum atomic E-state index is 12.3. The van der Waals surface area contributed by atoms with Crippen LogP contribution in [0.1, 0.15) is 46.0 Å². The molecule has 4 heteroatoms. The van der Waals surface area contributed by atoms with Crippen LogP contribution in [0.25, 0.3) is 0 Å². The second-order valence-corrected chi connectivity index (χ2v) is 6.27. The van der Waals surface area contributed by atoms with Crippen molar-refractivity contribution in [2.45, 2.75) is 46.0 Å². The molecule has 102 valence electrons. The van der Waals surface area contributed by atoms with Gasteiger partial charge in [-0.05, 0) is 38.5 Å². The zero-order valence-corrected chi connectivity index (χ0v) is 11.3. The van der Waals surface area contributed by atoms with Crippen molar-refractivity contribution in [3.05, 3.63) is 0 Å². The van der Waals surface area contributed by atoms with Crippen molar-refractivity contribution in [3.8, 4) is 0 Å². The highest BCUT2D eigenvalue weighted by Crippen LogP contribution is 2.37. The van der Waals surface area contributed by atoms with Crippen LogP contribution in [-0.4, -0.2) is 35.0 Å². The molecule has 0 spiro atoms. The number of carboxylic acids is 1. The van der Waals surface area contributed by atoms with E-state index in [9.17, 15) is 9.59 Å². The first-order valence-electron chi connectivity index (χ1n) is 6.95. The first-order chi connectivity index (χ1) is 8.43. The van der Waals surface area contributed by atoms with Gasteiger partial charge >= 0.3 is 5.97 Å².